The molecule has 6 nitrogen and oxygen atoms in total. The third kappa shape index (κ3) is 3.69. The Balaban J connectivity index is 1.54. The third-order valence-electron chi connectivity index (χ3n) is 6.47. The Labute approximate surface area is 172 Å². The Hall–Kier alpha value is -1.56. The molecule has 0 radical (unpaired) electrons. The van der Waals surface area contributed by atoms with E-state index in [-0.39, 0.29) is 12.1 Å². The summed E-state index contributed by atoms with van der Waals surface area (Å²) in [5.41, 5.74) is 2.07. The molecule has 6 rings (SSSR count). The fraction of sp³-hybridized carbons (Fsp3) is 0.500. The van der Waals surface area contributed by atoms with Crippen molar-refractivity contribution in [3.63, 3.8) is 0 Å². The van der Waals surface area contributed by atoms with Crippen molar-refractivity contribution in [2.75, 3.05) is 33.4 Å². The summed E-state index contributed by atoms with van der Waals surface area (Å²) in [7, 11) is 0.368. The monoisotopic (exact) mass is 414 g/mol. The molecule has 0 aliphatic carbocycles. The van der Waals surface area contributed by atoms with Gasteiger partial charge in [0.2, 0.25) is 0 Å². The number of nitrogens with zero attached hydrogens (tertiary/aromatic N) is 2. The van der Waals surface area contributed by atoms with Crippen molar-refractivity contribution < 1.29 is 18.3 Å². The van der Waals surface area contributed by atoms with Gasteiger partial charge in [-0.05, 0) is 61.1 Å². The molecule has 154 valence electrons. The van der Waals surface area contributed by atoms with Gasteiger partial charge in [0, 0.05) is 24.2 Å². The van der Waals surface area contributed by atoms with Crippen LogP contribution in [-0.2, 0) is 13.6 Å². The lowest BCUT2D eigenvalue weighted by Gasteiger charge is -2.51. The molecule has 0 N–H and O–H groups in total. The van der Waals surface area contributed by atoms with E-state index in [4.69, 9.17) is 18.3 Å². The Bertz CT molecular complexity index is 888. The minimum absolute atomic E-state index is 0.134. The van der Waals surface area contributed by atoms with Crippen molar-refractivity contribution in [3.05, 3.63) is 48.7 Å². The van der Waals surface area contributed by atoms with Gasteiger partial charge < -0.3 is 18.3 Å². The molecule has 1 aromatic heterocycles. The highest BCUT2D eigenvalue weighted by Crippen LogP contribution is 2.52. The number of benzene rings is 1. The molecular formula is C22H27N2O4P. The first-order valence-electron chi connectivity index (χ1n) is 10.3. The lowest BCUT2D eigenvalue weighted by Crippen LogP contribution is -2.55. The minimum atomic E-state index is -1.32. The zero-order chi connectivity index (χ0) is 19.8. The SMILES string of the molecule is C=C[C@H]1CN2CC[C@@H]1C[C@H]2[C@@H](OP1OCCO1)c1ccnc2ccc(OC)cc12. The van der Waals surface area contributed by atoms with Crippen LogP contribution in [0.3, 0.4) is 0 Å². The number of aromatic nitrogens is 1. The number of rotatable bonds is 6. The van der Waals surface area contributed by atoms with Crippen molar-refractivity contribution in [2.45, 2.75) is 25.0 Å². The molecule has 1 aromatic carbocycles. The maximum atomic E-state index is 6.52. The molecular weight excluding hydrogens is 387 g/mol. The number of ether oxygens (including phenoxy) is 1. The fourth-order valence-corrected chi connectivity index (χ4v) is 6.05. The van der Waals surface area contributed by atoms with E-state index in [1.54, 1.807) is 7.11 Å². The summed E-state index contributed by atoms with van der Waals surface area (Å²) in [5.74, 6) is 2.05. The van der Waals surface area contributed by atoms with Gasteiger partial charge in [-0.3, -0.25) is 9.88 Å². The van der Waals surface area contributed by atoms with E-state index in [1.165, 1.54) is 6.42 Å². The standard InChI is InChI=1S/C22H27N2O4P/c1-3-15-14-24-9-7-16(15)12-21(24)22(28-29-26-10-11-27-29)18-6-8-23-20-5-4-17(25-2)13-19(18)20/h3-6,8,13,15-16,21-22H,1,7,9-12,14H2,2H3/t15-,16+,21-,22-/m0/s1. The molecule has 4 aliphatic heterocycles. The molecule has 4 saturated heterocycles. The highest BCUT2D eigenvalue weighted by atomic mass is 31.2. The smallest absolute Gasteiger partial charge is 0.333 e. The topological polar surface area (TPSA) is 53.1 Å². The van der Waals surface area contributed by atoms with Crippen LogP contribution in [0.5, 0.6) is 5.75 Å². The predicted octanol–water partition coefficient (Wildman–Crippen LogP) is 4.47. The molecule has 5 heterocycles. The van der Waals surface area contributed by atoms with Crippen LogP contribution in [0.15, 0.2) is 43.1 Å². The number of hydrogen-bond acceptors (Lipinski definition) is 6. The van der Waals surface area contributed by atoms with E-state index in [0.29, 0.717) is 25.0 Å². The summed E-state index contributed by atoms with van der Waals surface area (Å²) in [6.45, 7) is 7.40. The van der Waals surface area contributed by atoms with Crippen LogP contribution < -0.4 is 4.74 Å². The molecule has 0 saturated carbocycles. The normalized spacial score (nSPS) is 30.5. The van der Waals surface area contributed by atoms with Gasteiger partial charge >= 0.3 is 8.60 Å². The van der Waals surface area contributed by atoms with Crippen molar-refractivity contribution in [1.29, 1.82) is 0 Å². The van der Waals surface area contributed by atoms with E-state index in [0.717, 1.165) is 41.7 Å². The maximum Gasteiger partial charge on any atom is 0.333 e. The summed E-state index contributed by atoms with van der Waals surface area (Å²) < 4.78 is 23.4. The zero-order valence-electron chi connectivity index (χ0n) is 16.7. The first kappa shape index (κ1) is 19.4. The second-order valence-corrected chi connectivity index (χ2v) is 9.12. The summed E-state index contributed by atoms with van der Waals surface area (Å²) in [4.78, 5) is 7.12. The van der Waals surface area contributed by atoms with Gasteiger partial charge in [-0.1, -0.05) is 6.08 Å². The first-order chi connectivity index (χ1) is 14.3. The second kappa shape index (κ2) is 8.29. The molecule has 4 fully saturated rings. The molecule has 4 aliphatic rings. The van der Waals surface area contributed by atoms with Crippen LogP contribution in [0.25, 0.3) is 10.9 Å². The molecule has 5 atom stereocenters. The van der Waals surface area contributed by atoms with Crippen molar-refractivity contribution in [1.82, 2.24) is 9.88 Å². The maximum absolute atomic E-state index is 6.52. The van der Waals surface area contributed by atoms with Crippen molar-refractivity contribution in [2.24, 2.45) is 11.8 Å². The van der Waals surface area contributed by atoms with Gasteiger partial charge in [0.05, 0.1) is 25.8 Å². The number of pyridine rings is 1. The van der Waals surface area contributed by atoms with Crippen LogP contribution in [0.4, 0.5) is 0 Å². The molecule has 0 amide bonds. The van der Waals surface area contributed by atoms with Crippen molar-refractivity contribution >= 4 is 19.5 Å². The van der Waals surface area contributed by atoms with Gasteiger partial charge in [-0.25, -0.2) is 0 Å². The van der Waals surface area contributed by atoms with Gasteiger partial charge in [0.25, 0.3) is 0 Å². The quantitative estimate of drug-likeness (QED) is 0.514. The minimum Gasteiger partial charge on any atom is -0.497 e. The van der Waals surface area contributed by atoms with Crippen molar-refractivity contribution in [3.8, 4) is 5.75 Å². The summed E-state index contributed by atoms with van der Waals surface area (Å²) in [6, 6.07) is 8.37. The van der Waals surface area contributed by atoms with Gasteiger partial charge in [-0.15, -0.1) is 6.58 Å². The van der Waals surface area contributed by atoms with Gasteiger partial charge in [-0.2, -0.15) is 0 Å². The van der Waals surface area contributed by atoms with E-state index in [2.05, 4.69) is 34.7 Å². The average Bonchev–Trinajstić information content (AvgIpc) is 3.30. The molecule has 2 aromatic rings. The number of piperidine rings is 3. The highest BCUT2D eigenvalue weighted by molar-refractivity contribution is 7.41. The molecule has 7 heteroatoms. The molecule has 1 unspecified atom stereocenters. The Morgan fingerprint density at radius 3 is 2.90 bits per heavy atom. The summed E-state index contributed by atoms with van der Waals surface area (Å²) >= 11 is 0. The van der Waals surface area contributed by atoms with E-state index in [1.807, 2.05) is 18.3 Å². The van der Waals surface area contributed by atoms with E-state index >= 15 is 0 Å². The van der Waals surface area contributed by atoms with Gasteiger partial charge in [0.1, 0.15) is 11.9 Å². The number of methoxy groups -OCH3 is 1. The number of hydrogen-bond donors (Lipinski definition) is 0. The predicted molar refractivity (Wildman–Crippen MR) is 113 cm³/mol. The number of fused-ring (bicyclic) bond motifs is 4. The lowest BCUT2D eigenvalue weighted by molar-refractivity contribution is -0.0385. The van der Waals surface area contributed by atoms with Crippen LogP contribution in [0.2, 0.25) is 0 Å². The van der Waals surface area contributed by atoms with Crippen LogP contribution in [0, 0.1) is 11.8 Å². The zero-order valence-corrected chi connectivity index (χ0v) is 17.6. The molecule has 2 bridgehead atoms. The third-order valence-corrected chi connectivity index (χ3v) is 7.65. The van der Waals surface area contributed by atoms with Gasteiger partial charge in [0.15, 0.2) is 0 Å². The molecule has 0 spiro atoms. The second-order valence-electron chi connectivity index (χ2n) is 7.95. The first-order valence-corrected chi connectivity index (χ1v) is 11.4. The summed E-state index contributed by atoms with van der Waals surface area (Å²) in [6.07, 6.45) is 6.19. The van der Waals surface area contributed by atoms with Crippen LogP contribution in [0.1, 0.15) is 24.5 Å². The average molecular weight is 414 g/mol. The van der Waals surface area contributed by atoms with Crippen LogP contribution >= 0.6 is 8.60 Å². The lowest BCUT2D eigenvalue weighted by atomic mass is 9.73. The Kier molecular flexibility index (Phi) is 5.55. The fourth-order valence-electron chi connectivity index (χ4n) is 4.96. The van der Waals surface area contributed by atoms with E-state index in [9.17, 15) is 0 Å². The molecule has 29 heavy (non-hydrogen) atoms. The largest absolute Gasteiger partial charge is 0.497 e. The van der Waals surface area contributed by atoms with Crippen LogP contribution in [-0.4, -0.2) is 49.3 Å². The van der Waals surface area contributed by atoms with E-state index < -0.39 is 8.60 Å². The summed E-state index contributed by atoms with van der Waals surface area (Å²) in [5, 5.41) is 1.06. The Morgan fingerprint density at radius 1 is 1.31 bits per heavy atom. The Morgan fingerprint density at radius 2 is 2.17 bits per heavy atom. The highest BCUT2D eigenvalue weighted by Gasteiger charge is 2.44.